The zero-order chi connectivity index (χ0) is 10.5. The van der Waals surface area contributed by atoms with E-state index in [1.165, 1.54) is 5.56 Å². The Labute approximate surface area is 97.8 Å². The van der Waals surface area contributed by atoms with Crippen LogP contribution in [0.5, 0.6) is 0 Å². The molecular weight excluding hydrogens is 261 g/mol. The van der Waals surface area contributed by atoms with Crippen molar-refractivity contribution in [2.45, 2.75) is 25.8 Å². The van der Waals surface area contributed by atoms with E-state index in [2.05, 4.69) is 35.8 Å². The van der Waals surface area contributed by atoms with Crippen molar-refractivity contribution in [1.82, 2.24) is 0 Å². The molecule has 1 fully saturated rings. The Kier molecular flexibility index (Phi) is 2.41. The van der Waals surface area contributed by atoms with E-state index in [-0.39, 0.29) is 11.5 Å². The summed E-state index contributed by atoms with van der Waals surface area (Å²) in [7, 11) is 0. The molecule has 0 amide bonds. The molecule has 2 rings (SSSR count). The molecule has 2 atom stereocenters. The Bertz CT molecular complexity index is 376. The predicted octanol–water partition coefficient (Wildman–Crippen LogP) is 3.55. The summed E-state index contributed by atoms with van der Waals surface area (Å²) >= 11 is 9.60. The highest BCUT2D eigenvalue weighted by Gasteiger charge is 2.56. The third kappa shape index (κ3) is 1.50. The van der Waals surface area contributed by atoms with Gasteiger partial charge >= 0.3 is 0 Å². The van der Waals surface area contributed by atoms with Crippen LogP contribution in [0.2, 0.25) is 5.02 Å². The minimum atomic E-state index is 0.185. The zero-order valence-electron chi connectivity index (χ0n) is 8.22. The lowest BCUT2D eigenvalue weighted by Crippen LogP contribution is -2.06. The van der Waals surface area contributed by atoms with Crippen LogP contribution < -0.4 is 5.73 Å². The van der Waals surface area contributed by atoms with Gasteiger partial charge in [-0.2, -0.15) is 0 Å². The van der Waals surface area contributed by atoms with Gasteiger partial charge in [-0.3, -0.25) is 0 Å². The highest BCUT2D eigenvalue weighted by atomic mass is 79.9. The van der Waals surface area contributed by atoms with Crippen LogP contribution in [0, 0.1) is 5.41 Å². The molecule has 1 aliphatic rings. The van der Waals surface area contributed by atoms with Gasteiger partial charge in [0, 0.05) is 21.5 Å². The normalized spacial score (nSPS) is 28.9. The Hall–Kier alpha value is -0.0500. The Balaban J connectivity index is 2.39. The van der Waals surface area contributed by atoms with Crippen molar-refractivity contribution in [3.63, 3.8) is 0 Å². The maximum atomic E-state index is 6.15. The highest BCUT2D eigenvalue weighted by molar-refractivity contribution is 9.10. The maximum Gasteiger partial charge on any atom is 0.0442 e. The second-order valence-electron chi connectivity index (χ2n) is 4.49. The van der Waals surface area contributed by atoms with Gasteiger partial charge in [-0.25, -0.2) is 0 Å². The molecule has 0 bridgehead atoms. The van der Waals surface area contributed by atoms with Gasteiger partial charge in [0.05, 0.1) is 0 Å². The van der Waals surface area contributed by atoms with E-state index in [1.807, 2.05) is 12.1 Å². The van der Waals surface area contributed by atoms with Crippen LogP contribution in [0.3, 0.4) is 0 Å². The molecule has 0 aliphatic heterocycles. The van der Waals surface area contributed by atoms with Gasteiger partial charge in [-0.15, -0.1) is 0 Å². The Morgan fingerprint density at radius 1 is 1.43 bits per heavy atom. The summed E-state index contributed by atoms with van der Waals surface area (Å²) in [6.07, 6.45) is 0. The lowest BCUT2D eigenvalue weighted by Gasteiger charge is -2.05. The third-order valence-electron chi connectivity index (χ3n) is 3.20. The summed E-state index contributed by atoms with van der Waals surface area (Å²) in [6.45, 7) is 4.36. The average molecular weight is 275 g/mol. The average Bonchev–Trinajstić information content (AvgIpc) is 2.58. The first-order chi connectivity index (χ1) is 6.44. The number of benzene rings is 1. The molecule has 1 aromatic rings. The van der Waals surface area contributed by atoms with E-state index in [0.717, 1.165) is 9.50 Å². The molecule has 1 aliphatic carbocycles. The van der Waals surface area contributed by atoms with Gasteiger partial charge in [0.25, 0.3) is 0 Å². The molecule has 0 heterocycles. The lowest BCUT2D eigenvalue weighted by atomic mass is 10.0. The topological polar surface area (TPSA) is 26.0 Å². The van der Waals surface area contributed by atoms with Crippen LogP contribution in [-0.2, 0) is 0 Å². The van der Waals surface area contributed by atoms with Crippen molar-refractivity contribution in [3.05, 3.63) is 33.3 Å². The summed E-state index contributed by atoms with van der Waals surface area (Å²) in [5.41, 5.74) is 7.37. The predicted molar refractivity (Wildman–Crippen MR) is 63.6 cm³/mol. The molecule has 2 N–H and O–H groups in total. The lowest BCUT2D eigenvalue weighted by molar-refractivity contribution is 0.599. The van der Waals surface area contributed by atoms with E-state index in [1.54, 1.807) is 0 Å². The van der Waals surface area contributed by atoms with E-state index < -0.39 is 0 Å². The molecule has 0 saturated heterocycles. The fourth-order valence-electron chi connectivity index (χ4n) is 2.02. The fourth-order valence-corrected chi connectivity index (χ4v) is 2.64. The molecule has 0 unspecified atom stereocenters. The summed E-state index contributed by atoms with van der Waals surface area (Å²) in [6, 6.07) is 6.17. The SMILES string of the molecule is CC1(C)[C@@H](N)[C@@H]1c1cc(Br)ccc1Cl. The largest absolute Gasteiger partial charge is 0.327 e. The Morgan fingerprint density at radius 2 is 2.00 bits per heavy atom. The van der Waals surface area contributed by atoms with Crippen LogP contribution >= 0.6 is 27.5 Å². The van der Waals surface area contributed by atoms with Crippen LogP contribution in [0.25, 0.3) is 0 Å². The van der Waals surface area contributed by atoms with Gasteiger partial charge in [0.2, 0.25) is 0 Å². The fraction of sp³-hybridized carbons (Fsp3) is 0.455. The number of hydrogen-bond acceptors (Lipinski definition) is 1. The molecule has 76 valence electrons. The molecule has 0 spiro atoms. The van der Waals surface area contributed by atoms with Crippen molar-refractivity contribution in [2.75, 3.05) is 0 Å². The summed E-state index contributed by atoms with van der Waals surface area (Å²) in [4.78, 5) is 0. The van der Waals surface area contributed by atoms with Crippen LogP contribution in [0.1, 0.15) is 25.3 Å². The second-order valence-corrected chi connectivity index (χ2v) is 5.81. The number of rotatable bonds is 1. The first-order valence-electron chi connectivity index (χ1n) is 4.65. The standard InChI is InChI=1S/C11H13BrClN/c1-11(2)9(10(11)14)7-5-6(12)3-4-8(7)13/h3-5,9-10H,14H2,1-2H3/t9-,10-/m0/s1. The smallest absolute Gasteiger partial charge is 0.0442 e. The molecule has 0 aromatic heterocycles. The minimum Gasteiger partial charge on any atom is -0.327 e. The number of hydrogen-bond donors (Lipinski definition) is 1. The molecule has 1 nitrogen and oxygen atoms in total. The maximum absolute atomic E-state index is 6.15. The van der Waals surface area contributed by atoms with Gasteiger partial charge in [0.1, 0.15) is 0 Å². The van der Waals surface area contributed by atoms with Gasteiger partial charge in [-0.1, -0.05) is 41.4 Å². The van der Waals surface area contributed by atoms with Gasteiger partial charge < -0.3 is 5.73 Å². The van der Waals surface area contributed by atoms with Crippen LogP contribution in [0.4, 0.5) is 0 Å². The van der Waals surface area contributed by atoms with Crippen molar-refractivity contribution in [1.29, 1.82) is 0 Å². The molecule has 1 aromatic carbocycles. The number of halogens is 2. The van der Waals surface area contributed by atoms with Crippen LogP contribution in [0.15, 0.2) is 22.7 Å². The van der Waals surface area contributed by atoms with Crippen molar-refractivity contribution in [3.8, 4) is 0 Å². The highest BCUT2D eigenvalue weighted by Crippen LogP contribution is 2.58. The van der Waals surface area contributed by atoms with Crippen molar-refractivity contribution >= 4 is 27.5 Å². The van der Waals surface area contributed by atoms with E-state index in [4.69, 9.17) is 17.3 Å². The third-order valence-corrected chi connectivity index (χ3v) is 4.04. The summed E-state index contributed by atoms with van der Waals surface area (Å²) in [5.74, 6) is 0.396. The molecular formula is C11H13BrClN. The summed E-state index contributed by atoms with van der Waals surface area (Å²) in [5, 5.41) is 0.819. The second kappa shape index (κ2) is 3.22. The molecule has 1 saturated carbocycles. The van der Waals surface area contributed by atoms with Gasteiger partial charge in [-0.05, 0) is 29.2 Å². The monoisotopic (exact) mass is 273 g/mol. The molecule has 0 radical (unpaired) electrons. The van der Waals surface area contributed by atoms with Crippen molar-refractivity contribution < 1.29 is 0 Å². The first kappa shape index (κ1) is 10.5. The van der Waals surface area contributed by atoms with E-state index in [9.17, 15) is 0 Å². The minimum absolute atomic E-state index is 0.185. The van der Waals surface area contributed by atoms with Crippen molar-refractivity contribution in [2.24, 2.45) is 11.1 Å². The summed E-state index contributed by atoms with van der Waals surface area (Å²) < 4.78 is 1.06. The van der Waals surface area contributed by atoms with E-state index in [0.29, 0.717) is 5.92 Å². The molecule has 3 heteroatoms. The first-order valence-corrected chi connectivity index (χ1v) is 5.82. The van der Waals surface area contributed by atoms with Gasteiger partial charge in [0.15, 0.2) is 0 Å². The Morgan fingerprint density at radius 3 is 2.50 bits per heavy atom. The van der Waals surface area contributed by atoms with E-state index >= 15 is 0 Å². The number of nitrogens with two attached hydrogens (primary N) is 1. The zero-order valence-corrected chi connectivity index (χ0v) is 10.6. The molecule has 14 heavy (non-hydrogen) atoms. The quantitative estimate of drug-likeness (QED) is 0.833. The van der Waals surface area contributed by atoms with Crippen LogP contribution in [-0.4, -0.2) is 6.04 Å².